The highest BCUT2D eigenvalue weighted by atomic mass is 79.9. The SMILES string of the molecule is COc1ccc(Br)c(NC(=O)c2ccnn2C)c1. The van der Waals surface area contributed by atoms with Gasteiger partial charge in [0.05, 0.1) is 12.8 Å². The third-order valence-electron chi connectivity index (χ3n) is 2.48. The van der Waals surface area contributed by atoms with E-state index in [2.05, 4.69) is 26.3 Å². The molecule has 0 radical (unpaired) electrons. The number of anilines is 1. The van der Waals surface area contributed by atoms with E-state index >= 15 is 0 Å². The van der Waals surface area contributed by atoms with Crippen LogP contribution in [0.3, 0.4) is 0 Å². The highest BCUT2D eigenvalue weighted by Crippen LogP contribution is 2.27. The van der Waals surface area contributed by atoms with Crippen LogP contribution in [0.5, 0.6) is 5.75 Å². The van der Waals surface area contributed by atoms with Gasteiger partial charge in [0, 0.05) is 23.8 Å². The van der Waals surface area contributed by atoms with Crippen LogP contribution in [-0.2, 0) is 7.05 Å². The first kappa shape index (κ1) is 12.6. The van der Waals surface area contributed by atoms with Crippen LogP contribution in [0.15, 0.2) is 34.9 Å². The number of carbonyl (C=O) groups excluding carboxylic acids is 1. The molecule has 0 saturated carbocycles. The Kier molecular flexibility index (Phi) is 3.66. The number of hydrogen-bond acceptors (Lipinski definition) is 3. The number of nitrogens with zero attached hydrogens (tertiary/aromatic N) is 2. The van der Waals surface area contributed by atoms with E-state index in [0.29, 0.717) is 17.1 Å². The Labute approximate surface area is 113 Å². The van der Waals surface area contributed by atoms with E-state index < -0.39 is 0 Å². The first-order valence-corrected chi connectivity index (χ1v) is 6.04. The standard InChI is InChI=1S/C12H12BrN3O2/c1-16-11(5-6-14-16)12(17)15-10-7-8(18-2)3-4-9(10)13/h3-7H,1-2H3,(H,15,17). The summed E-state index contributed by atoms with van der Waals surface area (Å²) in [6.07, 6.45) is 1.58. The van der Waals surface area contributed by atoms with Gasteiger partial charge in [-0.05, 0) is 34.1 Å². The Morgan fingerprint density at radius 3 is 2.83 bits per heavy atom. The summed E-state index contributed by atoms with van der Waals surface area (Å²) >= 11 is 3.38. The van der Waals surface area contributed by atoms with Gasteiger partial charge in [-0.1, -0.05) is 0 Å². The highest BCUT2D eigenvalue weighted by Gasteiger charge is 2.12. The molecule has 18 heavy (non-hydrogen) atoms. The number of carbonyl (C=O) groups is 1. The summed E-state index contributed by atoms with van der Waals surface area (Å²) in [5.74, 6) is 0.461. The normalized spacial score (nSPS) is 10.2. The van der Waals surface area contributed by atoms with E-state index in [4.69, 9.17) is 4.74 Å². The lowest BCUT2D eigenvalue weighted by Crippen LogP contribution is -2.16. The number of rotatable bonds is 3. The molecule has 1 amide bonds. The molecule has 0 spiro atoms. The molecular formula is C12H12BrN3O2. The van der Waals surface area contributed by atoms with Crippen molar-refractivity contribution >= 4 is 27.5 Å². The lowest BCUT2D eigenvalue weighted by atomic mass is 10.3. The second-order valence-electron chi connectivity index (χ2n) is 3.64. The van der Waals surface area contributed by atoms with E-state index in [0.717, 1.165) is 4.47 Å². The summed E-state index contributed by atoms with van der Waals surface area (Å²) in [4.78, 5) is 12.0. The summed E-state index contributed by atoms with van der Waals surface area (Å²) in [5, 5.41) is 6.76. The molecule has 2 aromatic rings. The summed E-state index contributed by atoms with van der Waals surface area (Å²) in [6, 6.07) is 7.03. The monoisotopic (exact) mass is 309 g/mol. The molecule has 6 heteroatoms. The molecule has 2 rings (SSSR count). The molecule has 1 aromatic heterocycles. The third kappa shape index (κ3) is 2.53. The van der Waals surface area contributed by atoms with E-state index in [1.807, 2.05) is 12.1 Å². The van der Waals surface area contributed by atoms with Crippen LogP contribution in [0.25, 0.3) is 0 Å². The molecule has 1 N–H and O–H groups in total. The van der Waals surface area contributed by atoms with Crippen molar-refractivity contribution in [2.24, 2.45) is 7.05 Å². The van der Waals surface area contributed by atoms with Crippen LogP contribution in [0.2, 0.25) is 0 Å². The predicted octanol–water partition coefficient (Wildman–Crippen LogP) is 2.44. The number of methoxy groups -OCH3 is 1. The number of benzene rings is 1. The summed E-state index contributed by atoms with van der Waals surface area (Å²) in [5.41, 5.74) is 1.14. The molecule has 0 atom stereocenters. The minimum Gasteiger partial charge on any atom is -0.497 e. The number of nitrogens with one attached hydrogen (secondary N) is 1. The molecular weight excluding hydrogens is 298 g/mol. The van der Waals surface area contributed by atoms with Crippen molar-refractivity contribution in [1.29, 1.82) is 0 Å². The van der Waals surface area contributed by atoms with Gasteiger partial charge < -0.3 is 10.1 Å². The Balaban J connectivity index is 2.24. The van der Waals surface area contributed by atoms with Gasteiger partial charge in [-0.3, -0.25) is 9.48 Å². The highest BCUT2D eigenvalue weighted by molar-refractivity contribution is 9.10. The molecule has 94 valence electrons. The van der Waals surface area contributed by atoms with Crippen molar-refractivity contribution in [2.75, 3.05) is 12.4 Å². The average Bonchev–Trinajstić information content (AvgIpc) is 2.78. The first-order chi connectivity index (χ1) is 8.61. The summed E-state index contributed by atoms with van der Waals surface area (Å²) in [7, 11) is 3.30. The number of halogens is 1. The second-order valence-corrected chi connectivity index (χ2v) is 4.49. The maximum atomic E-state index is 12.0. The average molecular weight is 310 g/mol. The van der Waals surface area contributed by atoms with Crippen LogP contribution in [0.1, 0.15) is 10.5 Å². The number of aromatic nitrogens is 2. The zero-order valence-electron chi connectivity index (χ0n) is 9.98. The minimum absolute atomic E-state index is 0.219. The van der Waals surface area contributed by atoms with Gasteiger partial charge in [0.25, 0.3) is 5.91 Å². The number of amides is 1. The topological polar surface area (TPSA) is 56.1 Å². The fourth-order valence-electron chi connectivity index (χ4n) is 1.51. The number of aryl methyl sites for hydroxylation is 1. The van der Waals surface area contributed by atoms with Gasteiger partial charge >= 0.3 is 0 Å². The zero-order valence-corrected chi connectivity index (χ0v) is 11.6. The summed E-state index contributed by atoms with van der Waals surface area (Å²) < 4.78 is 7.42. The largest absolute Gasteiger partial charge is 0.497 e. The van der Waals surface area contributed by atoms with Gasteiger partial charge in [-0.15, -0.1) is 0 Å². The van der Waals surface area contributed by atoms with Crippen molar-refractivity contribution in [2.45, 2.75) is 0 Å². The molecule has 0 bridgehead atoms. The van der Waals surface area contributed by atoms with Gasteiger partial charge in [0.1, 0.15) is 11.4 Å². The Morgan fingerprint density at radius 2 is 2.22 bits per heavy atom. The second kappa shape index (κ2) is 5.22. The van der Waals surface area contributed by atoms with Crippen LogP contribution in [0, 0.1) is 0 Å². The van der Waals surface area contributed by atoms with E-state index in [1.54, 1.807) is 32.5 Å². The van der Waals surface area contributed by atoms with Crippen LogP contribution in [-0.4, -0.2) is 22.8 Å². The first-order valence-electron chi connectivity index (χ1n) is 5.24. The molecule has 0 fully saturated rings. The molecule has 0 aliphatic heterocycles. The fraction of sp³-hybridized carbons (Fsp3) is 0.167. The molecule has 1 aromatic carbocycles. The summed E-state index contributed by atoms with van der Waals surface area (Å²) in [6.45, 7) is 0. The number of ether oxygens (including phenoxy) is 1. The number of hydrogen-bond donors (Lipinski definition) is 1. The van der Waals surface area contributed by atoms with Crippen LogP contribution < -0.4 is 10.1 Å². The van der Waals surface area contributed by atoms with E-state index in [9.17, 15) is 4.79 Å². The smallest absolute Gasteiger partial charge is 0.273 e. The minimum atomic E-state index is -0.219. The molecule has 0 saturated heterocycles. The lowest BCUT2D eigenvalue weighted by Gasteiger charge is -2.09. The Hall–Kier alpha value is -1.82. The van der Waals surface area contributed by atoms with Gasteiger partial charge in [-0.2, -0.15) is 5.10 Å². The third-order valence-corrected chi connectivity index (χ3v) is 3.17. The van der Waals surface area contributed by atoms with Crippen LogP contribution >= 0.6 is 15.9 Å². The maximum absolute atomic E-state index is 12.0. The van der Waals surface area contributed by atoms with Crippen molar-refractivity contribution in [3.8, 4) is 5.75 Å². The maximum Gasteiger partial charge on any atom is 0.273 e. The van der Waals surface area contributed by atoms with Gasteiger partial charge in [-0.25, -0.2) is 0 Å². The predicted molar refractivity (Wildman–Crippen MR) is 71.9 cm³/mol. The molecule has 0 aliphatic carbocycles. The van der Waals surface area contributed by atoms with E-state index in [-0.39, 0.29) is 5.91 Å². The Bertz CT molecular complexity index is 580. The van der Waals surface area contributed by atoms with Crippen LogP contribution in [0.4, 0.5) is 5.69 Å². The van der Waals surface area contributed by atoms with E-state index in [1.165, 1.54) is 4.68 Å². The molecule has 0 aliphatic rings. The molecule has 1 heterocycles. The molecule has 5 nitrogen and oxygen atoms in total. The van der Waals surface area contributed by atoms with Gasteiger partial charge in [0.2, 0.25) is 0 Å². The van der Waals surface area contributed by atoms with Crippen molar-refractivity contribution in [1.82, 2.24) is 9.78 Å². The zero-order chi connectivity index (χ0) is 13.1. The van der Waals surface area contributed by atoms with Crippen molar-refractivity contribution < 1.29 is 9.53 Å². The fourth-order valence-corrected chi connectivity index (χ4v) is 1.86. The van der Waals surface area contributed by atoms with Gasteiger partial charge in [0.15, 0.2) is 0 Å². The lowest BCUT2D eigenvalue weighted by molar-refractivity contribution is 0.101. The quantitative estimate of drug-likeness (QED) is 0.947. The van der Waals surface area contributed by atoms with Crippen molar-refractivity contribution in [3.63, 3.8) is 0 Å². The Morgan fingerprint density at radius 1 is 1.44 bits per heavy atom. The molecule has 0 unspecified atom stereocenters. The van der Waals surface area contributed by atoms with Crippen molar-refractivity contribution in [3.05, 3.63) is 40.6 Å².